The molecule has 0 unspecified atom stereocenters. The number of hydrazine groups is 1. The average molecular weight is 235 g/mol. The lowest BCUT2D eigenvalue weighted by Crippen LogP contribution is -2.14. The second kappa shape index (κ2) is 6.12. The highest BCUT2D eigenvalue weighted by Crippen LogP contribution is 2.11. The van der Waals surface area contributed by atoms with E-state index >= 15 is 0 Å². The van der Waals surface area contributed by atoms with Gasteiger partial charge in [0, 0.05) is 6.20 Å². The summed E-state index contributed by atoms with van der Waals surface area (Å²) in [5.74, 6) is 0. The number of nitrogens with one attached hydrogen (secondary N) is 2. The van der Waals surface area contributed by atoms with Crippen LogP contribution < -0.4 is 10.9 Å². The second-order valence-corrected chi connectivity index (χ2v) is 3.67. The molecule has 0 atom stereocenters. The molecule has 2 aromatic carbocycles. The molecule has 0 bridgehead atoms. The summed E-state index contributed by atoms with van der Waals surface area (Å²) < 4.78 is 0. The molecule has 0 aromatic heterocycles. The standard InChI is InChI=1S/C15H13N3/c16-11-14(13-7-3-1-4-8-13)12-17-18-15-9-5-2-6-10-15/h1-10,12,17-18H. The molecule has 0 fully saturated rings. The van der Waals surface area contributed by atoms with Gasteiger partial charge in [0.1, 0.15) is 6.07 Å². The van der Waals surface area contributed by atoms with Crippen LogP contribution in [0.3, 0.4) is 0 Å². The van der Waals surface area contributed by atoms with Crippen LogP contribution in [-0.4, -0.2) is 0 Å². The van der Waals surface area contributed by atoms with E-state index in [1.165, 1.54) is 0 Å². The first kappa shape index (κ1) is 11.7. The first-order valence-corrected chi connectivity index (χ1v) is 5.62. The Balaban J connectivity index is 2.02. The largest absolute Gasteiger partial charge is 0.307 e. The molecule has 3 nitrogen and oxygen atoms in total. The molecule has 0 saturated carbocycles. The molecule has 0 spiro atoms. The monoisotopic (exact) mass is 235 g/mol. The molecule has 0 aliphatic heterocycles. The summed E-state index contributed by atoms with van der Waals surface area (Å²) >= 11 is 0. The topological polar surface area (TPSA) is 47.9 Å². The van der Waals surface area contributed by atoms with Gasteiger partial charge in [0.25, 0.3) is 0 Å². The van der Waals surface area contributed by atoms with E-state index in [1.54, 1.807) is 6.20 Å². The molecule has 0 heterocycles. The minimum Gasteiger partial charge on any atom is -0.307 e. The summed E-state index contributed by atoms with van der Waals surface area (Å²) in [6.45, 7) is 0. The predicted molar refractivity (Wildman–Crippen MR) is 73.2 cm³/mol. The first-order valence-electron chi connectivity index (χ1n) is 5.62. The van der Waals surface area contributed by atoms with Crippen molar-refractivity contribution in [2.45, 2.75) is 0 Å². The highest BCUT2D eigenvalue weighted by molar-refractivity contribution is 5.76. The maximum absolute atomic E-state index is 9.09. The van der Waals surface area contributed by atoms with Gasteiger partial charge >= 0.3 is 0 Å². The van der Waals surface area contributed by atoms with E-state index < -0.39 is 0 Å². The molecular weight excluding hydrogens is 222 g/mol. The number of hydrogen-bond donors (Lipinski definition) is 2. The molecule has 0 aliphatic carbocycles. The number of allylic oxidation sites excluding steroid dienone is 1. The summed E-state index contributed by atoms with van der Waals surface area (Å²) in [4.78, 5) is 0. The van der Waals surface area contributed by atoms with Gasteiger partial charge in [0.05, 0.1) is 11.3 Å². The normalized spacial score (nSPS) is 10.5. The number of rotatable bonds is 4. The zero-order chi connectivity index (χ0) is 12.6. The Morgan fingerprint density at radius 3 is 2.17 bits per heavy atom. The van der Waals surface area contributed by atoms with Gasteiger partial charge in [0.15, 0.2) is 0 Å². The van der Waals surface area contributed by atoms with Crippen LogP contribution in [0.25, 0.3) is 5.57 Å². The van der Waals surface area contributed by atoms with Crippen molar-refractivity contribution in [2.24, 2.45) is 0 Å². The van der Waals surface area contributed by atoms with Crippen molar-refractivity contribution in [3.05, 3.63) is 72.4 Å². The SMILES string of the molecule is N#CC(=CNNc1ccccc1)c1ccccc1. The molecule has 0 aliphatic rings. The summed E-state index contributed by atoms with van der Waals surface area (Å²) in [7, 11) is 0. The van der Waals surface area contributed by atoms with Gasteiger partial charge in [-0.05, 0) is 17.7 Å². The maximum Gasteiger partial charge on any atom is 0.101 e. The van der Waals surface area contributed by atoms with Crippen molar-refractivity contribution in [1.82, 2.24) is 5.43 Å². The molecule has 88 valence electrons. The van der Waals surface area contributed by atoms with E-state index in [-0.39, 0.29) is 0 Å². The molecule has 18 heavy (non-hydrogen) atoms. The molecule has 2 aromatic rings. The predicted octanol–water partition coefficient (Wildman–Crippen LogP) is 3.17. The smallest absolute Gasteiger partial charge is 0.101 e. The van der Waals surface area contributed by atoms with Crippen molar-refractivity contribution in [2.75, 3.05) is 5.43 Å². The molecular formula is C15H13N3. The summed E-state index contributed by atoms with van der Waals surface area (Å²) in [5, 5.41) is 9.09. The summed E-state index contributed by atoms with van der Waals surface area (Å²) in [5.41, 5.74) is 8.34. The van der Waals surface area contributed by atoms with E-state index in [2.05, 4.69) is 16.9 Å². The van der Waals surface area contributed by atoms with Gasteiger partial charge < -0.3 is 10.9 Å². The van der Waals surface area contributed by atoms with Gasteiger partial charge in [-0.3, -0.25) is 0 Å². The minimum absolute atomic E-state index is 0.582. The van der Waals surface area contributed by atoms with Crippen LogP contribution in [-0.2, 0) is 0 Å². The third-order valence-electron chi connectivity index (χ3n) is 2.41. The number of nitriles is 1. The van der Waals surface area contributed by atoms with Gasteiger partial charge in [-0.2, -0.15) is 5.26 Å². The lowest BCUT2D eigenvalue weighted by molar-refractivity contribution is 1.06. The second-order valence-electron chi connectivity index (χ2n) is 3.67. The van der Waals surface area contributed by atoms with E-state index in [9.17, 15) is 0 Å². The van der Waals surface area contributed by atoms with Crippen LogP contribution in [0.5, 0.6) is 0 Å². The third-order valence-corrected chi connectivity index (χ3v) is 2.41. The number of para-hydroxylation sites is 1. The Morgan fingerprint density at radius 2 is 1.56 bits per heavy atom. The molecule has 0 amide bonds. The lowest BCUT2D eigenvalue weighted by Gasteiger charge is -2.06. The van der Waals surface area contributed by atoms with Crippen LogP contribution in [0.15, 0.2) is 66.9 Å². The Hall–Kier alpha value is -2.73. The Labute approximate surface area is 106 Å². The van der Waals surface area contributed by atoms with E-state index in [1.807, 2.05) is 60.7 Å². The zero-order valence-corrected chi connectivity index (χ0v) is 9.80. The van der Waals surface area contributed by atoms with Crippen molar-refractivity contribution in [3.63, 3.8) is 0 Å². The molecule has 2 N–H and O–H groups in total. The third kappa shape index (κ3) is 3.13. The van der Waals surface area contributed by atoms with Crippen LogP contribution in [0.1, 0.15) is 5.56 Å². The Bertz CT molecular complexity index is 553. The zero-order valence-electron chi connectivity index (χ0n) is 9.80. The Morgan fingerprint density at radius 1 is 0.944 bits per heavy atom. The van der Waals surface area contributed by atoms with Crippen LogP contribution in [0.2, 0.25) is 0 Å². The molecule has 0 saturated heterocycles. The quantitative estimate of drug-likeness (QED) is 0.632. The Kier molecular flexibility index (Phi) is 3.99. The van der Waals surface area contributed by atoms with Crippen molar-refractivity contribution < 1.29 is 0 Å². The van der Waals surface area contributed by atoms with E-state index in [0.717, 1.165) is 11.3 Å². The highest BCUT2D eigenvalue weighted by Gasteiger charge is 1.97. The van der Waals surface area contributed by atoms with Crippen LogP contribution in [0.4, 0.5) is 5.69 Å². The van der Waals surface area contributed by atoms with Crippen LogP contribution >= 0.6 is 0 Å². The van der Waals surface area contributed by atoms with Crippen molar-refractivity contribution >= 4 is 11.3 Å². The van der Waals surface area contributed by atoms with Gasteiger partial charge in [-0.1, -0.05) is 48.5 Å². The van der Waals surface area contributed by atoms with E-state index in [0.29, 0.717) is 5.57 Å². The van der Waals surface area contributed by atoms with Crippen LogP contribution in [0, 0.1) is 11.3 Å². The lowest BCUT2D eigenvalue weighted by atomic mass is 10.1. The first-order chi connectivity index (χ1) is 8.90. The van der Waals surface area contributed by atoms with Gasteiger partial charge in [0.2, 0.25) is 0 Å². The number of anilines is 1. The molecule has 0 radical (unpaired) electrons. The number of nitrogens with zero attached hydrogens (tertiary/aromatic N) is 1. The maximum atomic E-state index is 9.09. The number of benzene rings is 2. The van der Waals surface area contributed by atoms with Crippen molar-refractivity contribution in [1.29, 1.82) is 5.26 Å². The average Bonchev–Trinajstić information content (AvgIpc) is 2.46. The summed E-state index contributed by atoms with van der Waals surface area (Å²) in [6, 6.07) is 21.4. The van der Waals surface area contributed by atoms with E-state index in [4.69, 9.17) is 5.26 Å². The number of hydrogen-bond acceptors (Lipinski definition) is 3. The van der Waals surface area contributed by atoms with Crippen molar-refractivity contribution in [3.8, 4) is 6.07 Å². The molecule has 3 heteroatoms. The fraction of sp³-hybridized carbons (Fsp3) is 0. The fourth-order valence-electron chi connectivity index (χ4n) is 1.51. The van der Waals surface area contributed by atoms with Gasteiger partial charge in [-0.15, -0.1) is 0 Å². The molecule has 2 rings (SSSR count). The fourth-order valence-corrected chi connectivity index (χ4v) is 1.51. The minimum atomic E-state index is 0.582. The summed E-state index contributed by atoms with van der Waals surface area (Å²) in [6.07, 6.45) is 1.66. The highest BCUT2D eigenvalue weighted by atomic mass is 15.3. The van der Waals surface area contributed by atoms with Gasteiger partial charge in [-0.25, -0.2) is 0 Å².